The molecule has 0 aromatic rings. The van der Waals surface area contributed by atoms with Crippen molar-refractivity contribution in [2.75, 3.05) is 13.1 Å². The number of likely N-dealkylation sites (tertiary alicyclic amines) is 1. The molecule has 8 N–H and O–H groups in total. The predicted molar refractivity (Wildman–Crippen MR) is 216 cm³/mol. The van der Waals surface area contributed by atoms with Gasteiger partial charge in [0.15, 0.2) is 0 Å². The third-order valence-electron chi connectivity index (χ3n) is 9.10. The van der Waals surface area contributed by atoms with E-state index in [-0.39, 0.29) is 29.5 Å². The predicted octanol–water partition coefficient (Wildman–Crippen LogP) is 7.45. The van der Waals surface area contributed by atoms with Crippen LogP contribution in [0.15, 0.2) is 4.99 Å². The lowest BCUT2D eigenvalue weighted by atomic mass is 10.1. The Morgan fingerprint density at radius 2 is 0.792 bits per heavy atom. The zero-order chi connectivity index (χ0) is 39.8. The van der Waals surface area contributed by atoms with Crippen molar-refractivity contribution in [1.82, 2.24) is 4.90 Å². The molecule has 53 heavy (non-hydrogen) atoms. The first-order chi connectivity index (χ1) is 25.5. The second kappa shape index (κ2) is 39.9. The molecule has 0 bridgehead atoms. The van der Waals surface area contributed by atoms with Gasteiger partial charge in [-0.05, 0) is 64.2 Å². The van der Waals surface area contributed by atoms with Gasteiger partial charge in [0, 0.05) is 57.8 Å². The first-order valence-electron chi connectivity index (χ1n) is 21.0. The van der Waals surface area contributed by atoms with Crippen LogP contribution in [0, 0.1) is 0 Å². The van der Waals surface area contributed by atoms with Crippen molar-refractivity contribution in [3.8, 4) is 0 Å². The minimum absolute atomic E-state index is 0.0132. The molecule has 1 heterocycles. The van der Waals surface area contributed by atoms with Gasteiger partial charge < -0.3 is 27.8 Å². The topological polar surface area (TPSA) is 222 Å². The Labute approximate surface area is 321 Å². The van der Waals surface area contributed by atoms with Crippen LogP contribution in [0.4, 0.5) is 0 Å². The summed E-state index contributed by atoms with van der Waals surface area (Å²) in [5, 5.41) is 0. The van der Waals surface area contributed by atoms with Crippen molar-refractivity contribution in [3.63, 3.8) is 0 Å². The molecule has 0 atom stereocenters. The fraction of sp³-hybridized carbons (Fsp3) is 0.829. The molecule has 1 rings (SSSR count). The molecule has 1 aliphatic rings. The molecule has 0 aliphatic carbocycles. The molecule has 0 unspecified atom stereocenters. The Morgan fingerprint density at radius 3 is 1.19 bits per heavy atom. The van der Waals surface area contributed by atoms with E-state index in [4.69, 9.17) is 22.9 Å². The quantitative estimate of drug-likeness (QED) is 0.0431. The summed E-state index contributed by atoms with van der Waals surface area (Å²) < 4.78 is 0. The standard InChI is InChI=1S/C18H34N2O2.C17H32N2O2.C6H12N2O2/c19-17(21)13-9-5-3-1-2-4-6-10-14-18(22)20-15-11-7-8-12-16-20;1-2-3-4-9-12-15-19-17(21)14-11-8-6-5-7-10-13-16(18)20;7-5(9)3-1-2-4-6(8)10/h1-16H2,(H2,19,21);15H,2-14H2,1H3,(H2,18,20);1-4H2,(H2,7,9)(H2,8,10). The summed E-state index contributed by atoms with van der Waals surface area (Å²) in [4.78, 5) is 71.1. The average molecular weight is 751 g/mol. The maximum absolute atomic E-state index is 12.1. The monoisotopic (exact) mass is 751 g/mol. The van der Waals surface area contributed by atoms with Gasteiger partial charge in [-0.15, -0.1) is 0 Å². The molecular formula is C41H78N6O6. The summed E-state index contributed by atoms with van der Waals surface area (Å²) in [6, 6.07) is 0. The Bertz CT molecular complexity index is 966. The highest BCUT2D eigenvalue weighted by Gasteiger charge is 2.14. The molecule has 12 nitrogen and oxygen atoms in total. The molecule has 0 radical (unpaired) electrons. The van der Waals surface area contributed by atoms with Crippen LogP contribution in [0.1, 0.15) is 206 Å². The Balaban J connectivity index is 0. The Morgan fingerprint density at radius 1 is 0.453 bits per heavy atom. The minimum Gasteiger partial charge on any atom is -0.370 e. The fourth-order valence-corrected chi connectivity index (χ4v) is 5.89. The summed E-state index contributed by atoms with van der Waals surface area (Å²) >= 11 is 0. The summed E-state index contributed by atoms with van der Waals surface area (Å²) in [5.41, 5.74) is 19.9. The van der Waals surface area contributed by atoms with Gasteiger partial charge in [-0.2, -0.15) is 0 Å². The second-order valence-electron chi connectivity index (χ2n) is 14.4. The number of aliphatic imine (C=N–C) groups is 1. The number of carbonyl (C=O) groups is 6. The van der Waals surface area contributed by atoms with Crippen LogP contribution in [0.2, 0.25) is 0 Å². The lowest BCUT2D eigenvalue weighted by Crippen LogP contribution is -2.31. The van der Waals surface area contributed by atoms with Crippen LogP contribution < -0.4 is 22.9 Å². The highest BCUT2D eigenvalue weighted by atomic mass is 16.2. The number of nitrogens with zero attached hydrogens (tertiary/aromatic N) is 2. The van der Waals surface area contributed by atoms with Crippen molar-refractivity contribution in [2.45, 2.75) is 206 Å². The number of primary amides is 4. The van der Waals surface area contributed by atoms with Gasteiger partial charge in [0.2, 0.25) is 35.4 Å². The summed E-state index contributed by atoms with van der Waals surface area (Å²) in [5.74, 6) is -0.677. The van der Waals surface area contributed by atoms with Gasteiger partial charge in [0.1, 0.15) is 0 Å². The molecule has 0 spiro atoms. The van der Waals surface area contributed by atoms with E-state index < -0.39 is 0 Å². The number of unbranched alkanes of at least 4 members (excludes halogenated alkanes) is 17. The summed E-state index contributed by atoms with van der Waals surface area (Å²) in [6.07, 6.45) is 32.1. The van der Waals surface area contributed by atoms with Crippen LogP contribution in [0.5, 0.6) is 0 Å². The van der Waals surface area contributed by atoms with E-state index in [9.17, 15) is 28.8 Å². The van der Waals surface area contributed by atoms with Crippen molar-refractivity contribution < 1.29 is 28.8 Å². The number of rotatable bonds is 30. The Kier molecular flexibility index (Phi) is 39.0. The smallest absolute Gasteiger partial charge is 0.245 e. The van der Waals surface area contributed by atoms with E-state index in [1.54, 1.807) is 6.21 Å². The highest BCUT2D eigenvalue weighted by molar-refractivity contribution is 5.84. The van der Waals surface area contributed by atoms with Gasteiger partial charge in [0.05, 0.1) is 0 Å². The fourth-order valence-electron chi connectivity index (χ4n) is 5.89. The van der Waals surface area contributed by atoms with Crippen LogP contribution in [0.3, 0.4) is 0 Å². The third-order valence-corrected chi connectivity index (χ3v) is 9.10. The van der Waals surface area contributed by atoms with Gasteiger partial charge in [-0.25, -0.2) is 4.99 Å². The maximum Gasteiger partial charge on any atom is 0.245 e. The normalized spacial score (nSPS) is 12.6. The molecule has 0 saturated carbocycles. The zero-order valence-electron chi connectivity index (χ0n) is 33.6. The maximum atomic E-state index is 12.1. The number of carbonyl (C=O) groups excluding carboxylic acids is 6. The number of hydrogen-bond acceptors (Lipinski definition) is 6. The molecular weight excluding hydrogens is 672 g/mol. The molecule has 1 fully saturated rings. The Hall–Kier alpha value is -3.31. The van der Waals surface area contributed by atoms with Crippen LogP contribution in [-0.2, 0) is 28.8 Å². The second-order valence-corrected chi connectivity index (χ2v) is 14.4. The van der Waals surface area contributed by atoms with E-state index in [1.165, 1.54) is 77.0 Å². The van der Waals surface area contributed by atoms with Crippen LogP contribution in [0.25, 0.3) is 0 Å². The molecule has 0 aromatic heterocycles. The lowest BCUT2D eigenvalue weighted by molar-refractivity contribution is -0.131. The SMILES string of the molecule is CCCCCCC=NC(=O)CCCCCCCCC(N)=O.NC(=O)CCCCC(N)=O.NC(=O)CCCCCCCCCCC(=O)N1CCCCCC1. The zero-order valence-corrected chi connectivity index (χ0v) is 33.6. The van der Waals surface area contributed by atoms with Crippen molar-refractivity contribution >= 4 is 41.7 Å². The van der Waals surface area contributed by atoms with Gasteiger partial charge in [0.25, 0.3) is 0 Å². The number of hydrogen-bond donors (Lipinski definition) is 4. The average Bonchev–Trinajstić information content (AvgIpc) is 3.40. The molecule has 12 heteroatoms. The first-order valence-corrected chi connectivity index (χ1v) is 21.0. The van der Waals surface area contributed by atoms with Gasteiger partial charge in [-0.1, -0.05) is 103 Å². The molecule has 0 aromatic carbocycles. The van der Waals surface area contributed by atoms with Crippen molar-refractivity contribution in [1.29, 1.82) is 0 Å². The summed E-state index contributed by atoms with van der Waals surface area (Å²) in [6.45, 7) is 4.14. The van der Waals surface area contributed by atoms with Gasteiger partial charge >= 0.3 is 0 Å². The summed E-state index contributed by atoms with van der Waals surface area (Å²) in [7, 11) is 0. The van der Waals surface area contributed by atoms with Crippen LogP contribution in [-0.4, -0.2) is 59.6 Å². The van der Waals surface area contributed by atoms with Crippen molar-refractivity contribution in [2.24, 2.45) is 27.9 Å². The van der Waals surface area contributed by atoms with E-state index in [0.29, 0.717) is 50.9 Å². The van der Waals surface area contributed by atoms with E-state index in [1.807, 2.05) is 0 Å². The molecule has 1 saturated heterocycles. The molecule has 308 valence electrons. The lowest BCUT2D eigenvalue weighted by Gasteiger charge is -2.20. The minimum atomic E-state index is -0.329. The van der Waals surface area contributed by atoms with Gasteiger partial charge in [-0.3, -0.25) is 28.8 Å². The number of amides is 6. The largest absolute Gasteiger partial charge is 0.370 e. The van der Waals surface area contributed by atoms with E-state index >= 15 is 0 Å². The first kappa shape index (κ1) is 51.8. The van der Waals surface area contributed by atoms with Crippen LogP contribution >= 0.6 is 0 Å². The molecule has 1 aliphatic heterocycles. The van der Waals surface area contributed by atoms with E-state index in [0.717, 1.165) is 90.1 Å². The number of nitrogens with two attached hydrogens (primary N) is 4. The third kappa shape index (κ3) is 44.8. The molecule has 6 amide bonds. The van der Waals surface area contributed by atoms with Crippen molar-refractivity contribution in [3.05, 3.63) is 0 Å². The highest BCUT2D eigenvalue weighted by Crippen LogP contribution is 2.14. The van der Waals surface area contributed by atoms with E-state index in [2.05, 4.69) is 16.8 Å².